The van der Waals surface area contributed by atoms with Gasteiger partial charge < -0.3 is 10.6 Å². The summed E-state index contributed by atoms with van der Waals surface area (Å²) >= 11 is 0. The van der Waals surface area contributed by atoms with Crippen molar-refractivity contribution in [2.75, 3.05) is 13.1 Å². The highest BCUT2D eigenvalue weighted by Crippen LogP contribution is 1.95. The Balaban J connectivity index is 1.99. The molecule has 0 aromatic carbocycles. The lowest BCUT2D eigenvalue weighted by molar-refractivity contribution is -0.121. The third-order valence-corrected chi connectivity index (χ3v) is 2.71. The highest BCUT2D eigenvalue weighted by molar-refractivity contribution is 5.75. The van der Waals surface area contributed by atoms with Crippen molar-refractivity contribution in [3.8, 4) is 0 Å². The second-order valence-electron chi connectivity index (χ2n) is 4.34. The summed E-state index contributed by atoms with van der Waals surface area (Å²) in [7, 11) is 0. The van der Waals surface area contributed by atoms with Crippen LogP contribution in [0.1, 0.15) is 38.2 Å². The molecular formula is C14H23N3O. The van der Waals surface area contributed by atoms with Crippen molar-refractivity contribution in [1.82, 2.24) is 15.6 Å². The molecule has 4 heteroatoms. The topological polar surface area (TPSA) is 54.0 Å². The highest BCUT2D eigenvalue weighted by Gasteiger charge is 1.99. The van der Waals surface area contributed by atoms with E-state index in [4.69, 9.17) is 0 Å². The van der Waals surface area contributed by atoms with Crippen LogP contribution in [0, 0.1) is 0 Å². The molecule has 1 amide bonds. The minimum atomic E-state index is 0.133. The Kier molecular flexibility index (Phi) is 7.80. The van der Waals surface area contributed by atoms with Gasteiger partial charge in [-0.2, -0.15) is 0 Å². The molecule has 18 heavy (non-hydrogen) atoms. The predicted molar refractivity (Wildman–Crippen MR) is 73.1 cm³/mol. The number of rotatable bonds is 9. The van der Waals surface area contributed by atoms with E-state index in [-0.39, 0.29) is 5.91 Å². The first-order valence-electron chi connectivity index (χ1n) is 6.69. The van der Waals surface area contributed by atoms with Crippen LogP contribution in [0.2, 0.25) is 0 Å². The molecule has 2 N–H and O–H groups in total. The number of aromatic nitrogens is 1. The molecule has 0 aliphatic carbocycles. The van der Waals surface area contributed by atoms with E-state index in [2.05, 4.69) is 22.5 Å². The van der Waals surface area contributed by atoms with Crippen LogP contribution in [0.15, 0.2) is 24.5 Å². The fourth-order valence-corrected chi connectivity index (χ4v) is 1.63. The van der Waals surface area contributed by atoms with Crippen molar-refractivity contribution in [1.29, 1.82) is 0 Å². The molecule has 0 radical (unpaired) electrons. The summed E-state index contributed by atoms with van der Waals surface area (Å²) in [6, 6.07) is 3.94. The Morgan fingerprint density at radius 1 is 1.22 bits per heavy atom. The lowest BCUT2D eigenvalue weighted by atomic mass is 10.2. The lowest BCUT2D eigenvalue weighted by Gasteiger charge is -2.06. The van der Waals surface area contributed by atoms with Gasteiger partial charge in [-0.3, -0.25) is 9.78 Å². The molecule has 1 rings (SSSR count). The maximum atomic E-state index is 11.5. The van der Waals surface area contributed by atoms with Crippen molar-refractivity contribution in [2.24, 2.45) is 0 Å². The highest BCUT2D eigenvalue weighted by atomic mass is 16.1. The van der Waals surface area contributed by atoms with Crippen LogP contribution < -0.4 is 10.6 Å². The maximum absolute atomic E-state index is 11.5. The molecule has 0 aliphatic rings. The summed E-state index contributed by atoms with van der Waals surface area (Å²) in [6.45, 7) is 4.45. The number of unbranched alkanes of at least 4 members (excludes halogenated alkanes) is 2. The maximum Gasteiger partial charge on any atom is 0.221 e. The summed E-state index contributed by atoms with van der Waals surface area (Å²) in [4.78, 5) is 15.4. The van der Waals surface area contributed by atoms with Crippen molar-refractivity contribution in [2.45, 2.75) is 39.2 Å². The van der Waals surface area contributed by atoms with Crippen molar-refractivity contribution >= 4 is 5.91 Å². The molecule has 1 heterocycles. The zero-order valence-corrected chi connectivity index (χ0v) is 11.1. The van der Waals surface area contributed by atoms with E-state index in [0.29, 0.717) is 13.0 Å². The van der Waals surface area contributed by atoms with Crippen molar-refractivity contribution in [3.05, 3.63) is 30.1 Å². The van der Waals surface area contributed by atoms with Gasteiger partial charge in [0.15, 0.2) is 0 Å². The van der Waals surface area contributed by atoms with E-state index in [0.717, 1.165) is 19.5 Å². The molecule has 0 fully saturated rings. The van der Waals surface area contributed by atoms with Gasteiger partial charge in [0.05, 0.1) is 0 Å². The second kappa shape index (κ2) is 9.59. The second-order valence-corrected chi connectivity index (χ2v) is 4.34. The number of pyridine rings is 1. The minimum Gasteiger partial charge on any atom is -0.356 e. The number of carbonyl (C=O) groups excluding carboxylic acids is 1. The van der Waals surface area contributed by atoms with Crippen molar-refractivity contribution in [3.63, 3.8) is 0 Å². The van der Waals surface area contributed by atoms with Gasteiger partial charge in [0.25, 0.3) is 0 Å². The van der Waals surface area contributed by atoms with E-state index in [1.54, 1.807) is 12.4 Å². The third-order valence-electron chi connectivity index (χ3n) is 2.71. The third kappa shape index (κ3) is 7.01. The molecule has 0 saturated carbocycles. The molecular weight excluding hydrogens is 226 g/mol. The van der Waals surface area contributed by atoms with Gasteiger partial charge in [-0.1, -0.05) is 19.8 Å². The summed E-state index contributed by atoms with van der Waals surface area (Å²) < 4.78 is 0. The van der Waals surface area contributed by atoms with E-state index in [9.17, 15) is 4.79 Å². The summed E-state index contributed by atoms with van der Waals surface area (Å²) in [6.07, 6.45) is 7.53. The first-order chi connectivity index (χ1) is 8.83. The first-order valence-corrected chi connectivity index (χ1v) is 6.69. The largest absolute Gasteiger partial charge is 0.356 e. The zero-order valence-electron chi connectivity index (χ0n) is 11.1. The minimum absolute atomic E-state index is 0.133. The number of hydrogen-bond acceptors (Lipinski definition) is 3. The first kappa shape index (κ1) is 14.6. The van der Waals surface area contributed by atoms with Crippen LogP contribution in [0.4, 0.5) is 0 Å². The molecule has 0 bridgehead atoms. The number of amides is 1. The van der Waals surface area contributed by atoms with Gasteiger partial charge in [0.2, 0.25) is 5.91 Å². The Morgan fingerprint density at radius 2 is 2.00 bits per heavy atom. The van der Waals surface area contributed by atoms with E-state index >= 15 is 0 Å². The van der Waals surface area contributed by atoms with Crippen LogP contribution in [-0.2, 0) is 11.3 Å². The van der Waals surface area contributed by atoms with Crippen molar-refractivity contribution < 1.29 is 4.79 Å². The molecule has 0 atom stereocenters. The van der Waals surface area contributed by atoms with Crippen LogP contribution in [-0.4, -0.2) is 24.0 Å². The van der Waals surface area contributed by atoms with Gasteiger partial charge >= 0.3 is 0 Å². The van der Waals surface area contributed by atoms with Gasteiger partial charge in [-0.15, -0.1) is 0 Å². The molecule has 0 spiro atoms. The Bertz CT molecular complexity index is 327. The van der Waals surface area contributed by atoms with E-state index in [1.807, 2.05) is 12.1 Å². The number of nitrogens with zero attached hydrogens (tertiary/aromatic N) is 1. The number of hydrogen-bond donors (Lipinski definition) is 2. The summed E-state index contributed by atoms with van der Waals surface area (Å²) in [5, 5.41) is 6.17. The normalized spacial score (nSPS) is 10.3. The monoisotopic (exact) mass is 249 g/mol. The zero-order chi connectivity index (χ0) is 13.1. The Labute approximate surface area is 109 Å². The average molecular weight is 249 g/mol. The van der Waals surface area contributed by atoms with Gasteiger partial charge in [0, 0.05) is 38.4 Å². The molecule has 100 valence electrons. The lowest BCUT2D eigenvalue weighted by Crippen LogP contribution is -2.28. The number of nitrogens with one attached hydrogen (secondary N) is 2. The molecule has 0 saturated heterocycles. The van der Waals surface area contributed by atoms with E-state index < -0.39 is 0 Å². The van der Waals surface area contributed by atoms with Crippen LogP contribution in [0.3, 0.4) is 0 Å². The number of carbonyl (C=O) groups is 1. The quantitative estimate of drug-likeness (QED) is 0.657. The van der Waals surface area contributed by atoms with Gasteiger partial charge in [-0.05, 0) is 24.1 Å². The summed E-state index contributed by atoms with van der Waals surface area (Å²) in [5.74, 6) is 0.133. The van der Waals surface area contributed by atoms with Gasteiger partial charge in [-0.25, -0.2) is 0 Å². The summed E-state index contributed by atoms with van der Waals surface area (Å²) in [5.41, 5.74) is 1.19. The van der Waals surface area contributed by atoms with E-state index in [1.165, 1.54) is 18.4 Å². The Hall–Kier alpha value is -1.42. The fourth-order valence-electron chi connectivity index (χ4n) is 1.63. The average Bonchev–Trinajstić information content (AvgIpc) is 2.41. The standard InChI is InChI=1S/C14H23N3O/c1-2-3-4-8-17-14(18)7-11-16-12-13-5-9-15-10-6-13/h5-6,9-10,16H,2-4,7-8,11-12H2,1H3,(H,17,18). The molecule has 0 aliphatic heterocycles. The molecule has 4 nitrogen and oxygen atoms in total. The van der Waals surface area contributed by atoms with Crippen LogP contribution in [0.5, 0.6) is 0 Å². The SMILES string of the molecule is CCCCCNC(=O)CCNCc1ccncc1. The van der Waals surface area contributed by atoms with Crippen LogP contribution >= 0.6 is 0 Å². The fraction of sp³-hybridized carbons (Fsp3) is 0.571. The van der Waals surface area contributed by atoms with Crippen LogP contribution in [0.25, 0.3) is 0 Å². The predicted octanol–water partition coefficient (Wildman–Crippen LogP) is 1.87. The molecule has 1 aromatic rings. The molecule has 0 unspecified atom stereocenters. The molecule has 1 aromatic heterocycles. The smallest absolute Gasteiger partial charge is 0.221 e. The van der Waals surface area contributed by atoms with Gasteiger partial charge in [0.1, 0.15) is 0 Å². The Morgan fingerprint density at radius 3 is 2.72 bits per heavy atom.